The molecule has 1 heterocycles. The number of nitrogens with one attached hydrogen (secondary N) is 1. The molecule has 31 heavy (non-hydrogen) atoms. The number of amides is 1. The molecular weight excluding hydrogens is 390 g/mol. The Bertz CT molecular complexity index is 1130. The number of para-hydroxylation sites is 1. The highest BCUT2D eigenvalue weighted by molar-refractivity contribution is 6.05. The van der Waals surface area contributed by atoms with Crippen LogP contribution in [0.25, 0.3) is 5.69 Å². The quantitative estimate of drug-likeness (QED) is 0.638. The zero-order chi connectivity index (χ0) is 22.2. The molecule has 3 aromatic rings. The van der Waals surface area contributed by atoms with Gasteiger partial charge in [0.15, 0.2) is 0 Å². The van der Waals surface area contributed by atoms with Crippen molar-refractivity contribution in [1.82, 2.24) is 15.1 Å². The Hall–Kier alpha value is -3.41. The molecule has 1 atom stereocenters. The topological polar surface area (TPSA) is 73.2 Å². The molecular formula is C25H27N3O3. The van der Waals surface area contributed by atoms with Gasteiger partial charge in [0.05, 0.1) is 41.4 Å². The van der Waals surface area contributed by atoms with Crippen molar-refractivity contribution in [3.8, 4) is 5.69 Å². The van der Waals surface area contributed by atoms with Crippen LogP contribution in [0.15, 0.2) is 54.6 Å². The Morgan fingerprint density at radius 2 is 1.71 bits per heavy atom. The molecule has 1 aliphatic carbocycles. The van der Waals surface area contributed by atoms with E-state index in [0.29, 0.717) is 5.56 Å². The van der Waals surface area contributed by atoms with Crippen LogP contribution in [0.3, 0.4) is 0 Å². The van der Waals surface area contributed by atoms with Gasteiger partial charge >= 0.3 is 5.97 Å². The lowest BCUT2D eigenvalue weighted by atomic mass is 9.73. The Balaban J connectivity index is 1.73. The maximum Gasteiger partial charge on any atom is 0.338 e. The molecule has 4 rings (SSSR count). The number of esters is 1. The first-order valence-corrected chi connectivity index (χ1v) is 10.4. The largest absolute Gasteiger partial charge is 0.465 e. The van der Waals surface area contributed by atoms with Crippen LogP contribution in [-0.2, 0) is 11.2 Å². The van der Waals surface area contributed by atoms with Crippen molar-refractivity contribution in [3.05, 3.63) is 82.7 Å². The lowest BCUT2D eigenvalue weighted by Crippen LogP contribution is -2.37. The summed E-state index contributed by atoms with van der Waals surface area (Å²) in [5, 5.41) is 7.98. The van der Waals surface area contributed by atoms with Gasteiger partial charge in [-0.1, -0.05) is 44.2 Å². The summed E-state index contributed by atoms with van der Waals surface area (Å²) < 4.78 is 6.84. The molecule has 1 aromatic heterocycles. The van der Waals surface area contributed by atoms with Gasteiger partial charge in [0.25, 0.3) is 5.91 Å². The average Bonchev–Trinajstić information content (AvgIpc) is 3.08. The van der Waals surface area contributed by atoms with Crippen molar-refractivity contribution >= 4 is 11.9 Å². The van der Waals surface area contributed by atoms with Crippen LogP contribution < -0.4 is 5.32 Å². The minimum absolute atomic E-state index is 0.0220. The van der Waals surface area contributed by atoms with E-state index < -0.39 is 5.97 Å². The monoisotopic (exact) mass is 417 g/mol. The predicted octanol–water partition coefficient (Wildman–Crippen LogP) is 4.41. The van der Waals surface area contributed by atoms with Gasteiger partial charge in [-0.05, 0) is 49.4 Å². The van der Waals surface area contributed by atoms with Gasteiger partial charge in [-0.3, -0.25) is 4.79 Å². The molecule has 1 unspecified atom stereocenters. The number of carbonyl (C=O) groups is 2. The number of aryl methyl sites for hydroxylation is 1. The molecule has 0 bridgehead atoms. The van der Waals surface area contributed by atoms with E-state index >= 15 is 0 Å². The third kappa shape index (κ3) is 3.98. The maximum absolute atomic E-state index is 13.2. The number of aromatic nitrogens is 2. The Labute approximate surface area is 182 Å². The highest BCUT2D eigenvalue weighted by Gasteiger charge is 2.38. The van der Waals surface area contributed by atoms with Crippen LogP contribution in [0.4, 0.5) is 0 Å². The van der Waals surface area contributed by atoms with Gasteiger partial charge in [-0.15, -0.1) is 0 Å². The fourth-order valence-corrected chi connectivity index (χ4v) is 4.50. The van der Waals surface area contributed by atoms with Gasteiger partial charge in [-0.2, -0.15) is 5.10 Å². The Kier molecular flexibility index (Phi) is 5.39. The van der Waals surface area contributed by atoms with Crippen LogP contribution in [0.5, 0.6) is 0 Å². The van der Waals surface area contributed by atoms with Crippen LogP contribution in [-0.4, -0.2) is 28.8 Å². The molecule has 2 aromatic carbocycles. The molecule has 160 valence electrons. The minimum Gasteiger partial charge on any atom is -0.465 e. The van der Waals surface area contributed by atoms with E-state index in [1.807, 2.05) is 41.9 Å². The number of carbonyl (C=O) groups excluding carboxylic acids is 2. The summed E-state index contributed by atoms with van der Waals surface area (Å²) in [6, 6.07) is 16.6. The summed E-state index contributed by atoms with van der Waals surface area (Å²) in [5.41, 5.74) is 4.64. The summed E-state index contributed by atoms with van der Waals surface area (Å²) in [5.74, 6) is -0.815. The first-order chi connectivity index (χ1) is 14.8. The third-order valence-corrected chi connectivity index (χ3v) is 5.84. The molecule has 0 spiro atoms. The lowest BCUT2D eigenvalue weighted by Gasteiger charge is -2.36. The number of rotatable bonds is 4. The van der Waals surface area contributed by atoms with Crippen LogP contribution >= 0.6 is 0 Å². The molecule has 0 saturated carbocycles. The first-order valence-electron chi connectivity index (χ1n) is 10.4. The van der Waals surface area contributed by atoms with Crippen LogP contribution in [0, 0.1) is 12.3 Å². The zero-order valence-corrected chi connectivity index (χ0v) is 18.3. The van der Waals surface area contributed by atoms with E-state index in [1.165, 1.54) is 7.11 Å². The number of hydrogen-bond donors (Lipinski definition) is 1. The number of fused-ring (bicyclic) bond motifs is 1. The number of ether oxygens (including phenoxy) is 1. The normalized spacial score (nSPS) is 17.0. The van der Waals surface area contributed by atoms with Crippen molar-refractivity contribution in [1.29, 1.82) is 0 Å². The minimum atomic E-state index is -0.525. The molecule has 1 amide bonds. The smallest absolute Gasteiger partial charge is 0.338 e. The Morgan fingerprint density at radius 3 is 2.39 bits per heavy atom. The van der Waals surface area contributed by atoms with Crippen molar-refractivity contribution in [3.63, 3.8) is 0 Å². The maximum atomic E-state index is 13.2. The fourth-order valence-electron chi connectivity index (χ4n) is 4.50. The van der Waals surface area contributed by atoms with Crippen molar-refractivity contribution in [2.24, 2.45) is 5.41 Å². The van der Waals surface area contributed by atoms with Crippen LogP contribution in [0.1, 0.15) is 64.0 Å². The van der Waals surface area contributed by atoms with Gasteiger partial charge < -0.3 is 10.1 Å². The highest BCUT2D eigenvalue weighted by Crippen LogP contribution is 2.43. The number of methoxy groups -OCH3 is 1. The molecule has 6 heteroatoms. The average molecular weight is 418 g/mol. The lowest BCUT2D eigenvalue weighted by molar-refractivity contribution is 0.0595. The SMILES string of the molecule is COC(=O)c1ccccc1C(=O)NC1CC(C)(C)Cc2c1c(C)nn2-c1ccccc1. The summed E-state index contributed by atoms with van der Waals surface area (Å²) in [6.45, 7) is 6.39. The summed E-state index contributed by atoms with van der Waals surface area (Å²) >= 11 is 0. The number of benzene rings is 2. The summed E-state index contributed by atoms with van der Waals surface area (Å²) in [4.78, 5) is 25.3. The molecule has 0 fully saturated rings. The molecule has 0 radical (unpaired) electrons. The summed E-state index contributed by atoms with van der Waals surface area (Å²) in [6.07, 6.45) is 1.65. The fraction of sp³-hybridized carbons (Fsp3) is 0.320. The second-order valence-electron chi connectivity index (χ2n) is 8.80. The Morgan fingerprint density at radius 1 is 1.06 bits per heavy atom. The van der Waals surface area contributed by atoms with Crippen molar-refractivity contribution in [2.75, 3.05) is 7.11 Å². The van der Waals surface area contributed by atoms with Gasteiger partial charge in [-0.25, -0.2) is 9.48 Å². The zero-order valence-electron chi connectivity index (χ0n) is 18.3. The standard InChI is InChI=1S/C25H27N3O3/c1-16-22-20(26-23(29)18-12-8-9-13-19(18)24(30)31-4)14-25(2,3)15-21(22)28(27-16)17-10-6-5-7-11-17/h5-13,20H,14-15H2,1-4H3,(H,26,29). The molecule has 1 aliphatic rings. The van der Waals surface area contributed by atoms with Gasteiger partial charge in [0.2, 0.25) is 0 Å². The summed E-state index contributed by atoms with van der Waals surface area (Å²) in [7, 11) is 1.31. The van der Waals surface area contributed by atoms with Gasteiger partial charge in [0, 0.05) is 5.56 Å². The van der Waals surface area contributed by atoms with E-state index in [0.717, 1.165) is 35.5 Å². The van der Waals surface area contributed by atoms with E-state index in [2.05, 4.69) is 19.2 Å². The molecule has 0 aliphatic heterocycles. The predicted molar refractivity (Wildman–Crippen MR) is 118 cm³/mol. The molecule has 6 nitrogen and oxygen atoms in total. The second-order valence-corrected chi connectivity index (χ2v) is 8.80. The second kappa shape index (κ2) is 8.02. The molecule has 1 N–H and O–H groups in total. The van der Waals surface area contributed by atoms with Gasteiger partial charge in [0.1, 0.15) is 0 Å². The van der Waals surface area contributed by atoms with Crippen LogP contribution in [0.2, 0.25) is 0 Å². The molecule has 0 saturated heterocycles. The van der Waals surface area contributed by atoms with E-state index in [4.69, 9.17) is 9.84 Å². The van der Waals surface area contributed by atoms with E-state index in [-0.39, 0.29) is 22.9 Å². The van der Waals surface area contributed by atoms with Crippen molar-refractivity contribution in [2.45, 2.75) is 39.7 Å². The van der Waals surface area contributed by atoms with E-state index in [9.17, 15) is 9.59 Å². The van der Waals surface area contributed by atoms with E-state index in [1.54, 1.807) is 24.3 Å². The third-order valence-electron chi connectivity index (χ3n) is 5.84. The number of hydrogen-bond acceptors (Lipinski definition) is 4. The highest BCUT2D eigenvalue weighted by atomic mass is 16.5. The van der Waals surface area contributed by atoms with Crippen molar-refractivity contribution < 1.29 is 14.3 Å². The number of nitrogens with zero attached hydrogens (tertiary/aromatic N) is 2. The first kappa shape index (κ1) is 20.8.